The van der Waals surface area contributed by atoms with Gasteiger partial charge in [0.2, 0.25) is 0 Å². The third kappa shape index (κ3) is 36.9. The van der Waals surface area contributed by atoms with Crippen LogP contribution >= 0.6 is 0 Å². The van der Waals surface area contributed by atoms with Crippen LogP contribution in [-0.4, -0.2) is 11.2 Å². The van der Waals surface area contributed by atoms with Gasteiger partial charge in [-0.2, -0.15) is 0 Å². The van der Waals surface area contributed by atoms with Crippen molar-refractivity contribution in [1.29, 1.82) is 0 Å². The number of carbonyl (C=O) groups is 1. The minimum absolute atomic E-state index is 0.898. The van der Waals surface area contributed by atoms with Gasteiger partial charge in [0.15, 0.2) is 0 Å². The van der Waals surface area contributed by atoms with E-state index in [1.165, 1.54) is 147 Å². The van der Waals surface area contributed by atoms with E-state index >= 15 is 0 Å². The van der Waals surface area contributed by atoms with Crippen molar-refractivity contribution >= 4 is 6.09 Å². The van der Waals surface area contributed by atoms with Crippen LogP contribution in [0.4, 0.5) is 4.79 Å². The van der Waals surface area contributed by atoms with Crippen LogP contribution in [0.15, 0.2) is 0 Å². The monoisotopic (exact) mass is 442 g/mol. The SMILES string of the molecule is CCCCCCCCCCCCCCCCCCCCCCCC(C)C.NNC(=O)O. The quantitative estimate of drug-likeness (QED) is 0.0676. The summed E-state index contributed by atoms with van der Waals surface area (Å²) in [6.45, 7) is 6.99. The molecule has 0 atom stereocenters. The molecular formula is C27H58N2O2. The fourth-order valence-electron chi connectivity index (χ4n) is 3.98. The first-order valence-corrected chi connectivity index (χ1v) is 13.7. The second kappa shape index (κ2) is 29.2. The summed E-state index contributed by atoms with van der Waals surface area (Å²) >= 11 is 0. The second-order valence-corrected chi connectivity index (χ2v) is 9.70. The van der Waals surface area contributed by atoms with Crippen molar-refractivity contribution in [3.63, 3.8) is 0 Å². The van der Waals surface area contributed by atoms with E-state index in [9.17, 15) is 0 Å². The lowest BCUT2D eigenvalue weighted by Crippen LogP contribution is -2.27. The van der Waals surface area contributed by atoms with E-state index in [1.54, 1.807) is 0 Å². The van der Waals surface area contributed by atoms with Crippen LogP contribution in [0.5, 0.6) is 0 Å². The molecule has 0 aliphatic rings. The van der Waals surface area contributed by atoms with E-state index in [0.717, 1.165) is 5.92 Å². The van der Waals surface area contributed by atoms with Crippen LogP contribution in [0, 0.1) is 5.92 Å². The van der Waals surface area contributed by atoms with Gasteiger partial charge in [-0.3, -0.25) is 5.43 Å². The van der Waals surface area contributed by atoms with Gasteiger partial charge in [-0.05, 0) is 5.92 Å². The summed E-state index contributed by atoms with van der Waals surface area (Å²) < 4.78 is 0. The van der Waals surface area contributed by atoms with Crippen molar-refractivity contribution in [2.75, 3.05) is 0 Å². The molecule has 1 amide bonds. The number of nitrogens with one attached hydrogen (secondary N) is 1. The minimum atomic E-state index is -1.22. The normalized spacial score (nSPS) is 10.7. The van der Waals surface area contributed by atoms with Gasteiger partial charge in [0.05, 0.1) is 0 Å². The Morgan fingerprint density at radius 3 is 1.03 bits per heavy atom. The Kier molecular flexibility index (Phi) is 30.6. The average molecular weight is 443 g/mol. The lowest BCUT2D eigenvalue weighted by Gasteiger charge is -2.05. The Hall–Kier alpha value is -0.770. The van der Waals surface area contributed by atoms with Crippen LogP contribution in [0.1, 0.15) is 162 Å². The number of nitrogens with two attached hydrogens (primary N) is 1. The molecule has 4 nitrogen and oxygen atoms in total. The number of rotatable bonds is 22. The molecule has 0 unspecified atom stereocenters. The molecule has 0 bridgehead atoms. The van der Waals surface area contributed by atoms with E-state index in [0.29, 0.717) is 0 Å². The highest BCUT2D eigenvalue weighted by atomic mass is 16.4. The number of hydrazine groups is 1. The zero-order valence-corrected chi connectivity index (χ0v) is 21.6. The number of hydrogen-bond acceptors (Lipinski definition) is 2. The molecule has 0 radical (unpaired) electrons. The summed E-state index contributed by atoms with van der Waals surface area (Å²) in [4.78, 5) is 9.13. The van der Waals surface area contributed by atoms with Gasteiger partial charge in [0.1, 0.15) is 0 Å². The number of carboxylic acid groups (broad SMARTS) is 1. The summed E-state index contributed by atoms with van der Waals surface area (Å²) in [5.74, 6) is 5.22. The Balaban J connectivity index is 0. The van der Waals surface area contributed by atoms with E-state index in [2.05, 4.69) is 26.6 Å². The van der Waals surface area contributed by atoms with Gasteiger partial charge in [0, 0.05) is 0 Å². The summed E-state index contributed by atoms with van der Waals surface area (Å²) in [6, 6.07) is 0. The number of amides is 1. The van der Waals surface area contributed by atoms with Crippen LogP contribution in [0.2, 0.25) is 0 Å². The highest BCUT2D eigenvalue weighted by Gasteiger charge is 1.96. The molecule has 188 valence electrons. The zero-order valence-electron chi connectivity index (χ0n) is 21.6. The zero-order chi connectivity index (χ0) is 23.4. The topological polar surface area (TPSA) is 75.3 Å². The largest absolute Gasteiger partial charge is 0.464 e. The van der Waals surface area contributed by atoms with Crippen molar-refractivity contribution in [1.82, 2.24) is 5.43 Å². The minimum Gasteiger partial charge on any atom is -0.464 e. The maximum Gasteiger partial charge on any atom is 0.418 e. The molecular weight excluding hydrogens is 384 g/mol. The van der Waals surface area contributed by atoms with Gasteiger partial charge in [0.25, 0.3) is 0 Å². The standard InChI is InChI=1S/C26H54.CH4N2O2/c1-4-5-6-7-8-9-10-11-12-13-14-15-16-17-18-19-20-21-22-23-24-25-26(2)3;2-3-1(4)5/h26H,4-25H2,1-3H3;3H,2H2,(H,4,5). The number of hydrogen-bond donors (Lipinski definition) is 3. The van der Waals surface area contributed by atoms with Gasteiger partial charge in [-0.25, -0.2) is 10.6 Å². The highest BCUT2D eigenvalue weighted by Crippen LogP contribution is 2.15. The smallest absolute Gasteiger partial charge is 0.418 e. The van der Waals surface area contributed by atoms with Crippen LogP contribution in [0.3, 0.4) is 0 Å². The van der Waals surface area contributed by atoms with Crippen LogP contribution in [-0.2, 0) is 0 Å². The molecule has 0 aromatic heterocycles. The third-order valence-electron chi connectivity index (χ3n) is 6.01. The molecule has 31 heavy (non-hydrogen) atoms. The van der Waals surface area contributed by atoms with Gasteiger partial charge < -0.3 is 5.11 Å². The highest BCUT2D eigenvalue weighted by molar-refractivity contribution is 5.63. The van der Waals surface area contributed by atoms with Crippen molar-refractivity contribution in [2.45, 2.75) is 162 Å². The molecule has 0 spiro atoms. The lowest BCUT2D eigenvalue weighted by atomic mass is 10.0. The van der Waals surface area contributed by atoms with Gasteiger partial charge >= 0.3 is 6.09 Å². The summed E-state index contributed by atoms with van der Waals surface area (Å²) in [5.41, 5.74) is 1.44. The van der Waals surface area contributed by atoms with Crippen molar-refractivity contribution in [3.05, 3.63) is 0 Å². The Labute approximate surface area is 195 Å². The van der Waals surface area contributed by atoms with Crippen molar-refractivity contribution in [3.8, 4) is 0 Å². The molecule has 0 aliphatic carbocycles. The Bertz CT molecular complexity index is 335. The molecule has 0 heterocycles. The first-order chi connectivity index (χ1) is 15.0. The van der Waals surface area contributed by atoms with E-state index in [4.69, 9.17) is 9.90 Å². The van der Waals surface area contributed by atoms with Gasteiger partial charge in [-0.15, -0.1) is 0 Å². The first-order valence-electron chi connectivity index (χ1n) is 13.7. The average Bonchev–Trinajstić information content (AvgIpc) is 2.75. The molecule has 4 heteroatoms. The predicted molar refractivity (Wildman–Crippen MR) is 137 cm³/mol. The van der Waals surface area contributed by atoms with Crippen molar-refractivity contribution in [2.24, 2.45) is 11.8 Å². The molecule has 0 rings (SSSR count). The van der Waals surface area contributed by atoms with E-state index in [-0.39, 0.29) is 0 Å². The molecule has 0 fully saturated rings. The maximum absolute atomic E-state index is 9.13. The molecule has 0 aliphatic heterocycles. The van der Waals surface area contributed by atoms with Crippen molar-refractivity contribution < 1.29 is 9.90 Å². The summed E-state index contributed by atoms with van der Waals surface area (Å²) in [7, 11) is 0. The molecule has 0 aromatic carbocycles. The van der Waals surface area contributed by atoms with Gasteiger partial charge in [-0.1, -0.05) is 162 Å². The number of unbranched alkanes of at least 4 members (excludes halogenated alkanes) is 20. The first kappa shape index (κ1) is 32.4. The Morgan fingerprint density at radius 2 is 0.839 bits per heavy atom. The van der Waals surface area contributed by atoms with Crippen LogP contribution in [0.25, 0.3) is 0 Å². The molecule has 0 aromatic rings. The molecule has 0 saturated carbocycles. The van der Waals surface area contributed by atoms with Crippen LogP contribution < -0.4 is 11.3 Å². The molecule has 0 saturated heterocycles. The fourth-order valence-corrected chi connectivity index (χ4v) is 3.98. The summed E-state index contributed by atoms with van der Waals surface area (Å²) in [5, 5.41) is 7.49. The Morgan fingerprint density at radius 1 is 0.613 bits per heavy atom. The second-order valence-electron chi connectivity index (χ2n) is 9.70. The van der Waals surface area contributed by atoms with E-state index in [1.807, 2.05) is 0 Å². The summed E-state index contributed by atoms with van der Waals surface area (Å²) in [6.07, 6.45) is 31.2. The lowest BCUT2D eigenvalue weighted by molar-refractivity contribution is 0.194. The fraction of sp³-hybridized carbons (Fsp3) is 0.963. The molecule has 4 N–H and O–H groups in total. The predicted octanol–water partition coefficient (Wildman–Crippen LogP) is 9.37. The van der Waals surface area contributed by atoms with E-state index < -0.39 is 6.09 Å². The maximum atomic E-state index is 9.13. The third-order valence-corrected chi connectivity index (χ3v) is 6.01.